The van der Waals surface area contributed by atoms with Crippen LogP contribution < -0.4 is 10.3 Å². The number of Topliss-reactive ketones (excluding diaryl/α,β-unsaturated/α-hetero) is 1. The summed E-state index contributed by atoms with van der Waals surface area (Å²) < 4.78 is 6.34. The zero-order valence-electron chi connectivity index (χ0n) is 13.5. The van der Waals surface area contributed by atoms with Crippen LogP contribution in [0.5, 0.6) is 11.6 Å². The van der Waals surface area contributed by atoms with Gasteiger partial charge in [0.05, 0.1) is 10.6 Å². The molecule has 0 spiro atoms. The number of nitriles is 1. The van der Waals surface area contributed by atoms with Crippen LogP contribution in [-0.2, 0) is 6.54 Å². The molecular formula is C17H14Cl2N2O4. The van der Waals surface area contributed by atoms with Crippen LogP contribution in [0.15, 0.2) is 23.0 Å². The molecule has 2 aromatic rings. The summed E-state index contributed by atoms with van der Waals surface area (Å²) in [5, 5.41) is 20.1. The van der Waals surface area contributed by atoms with E-state index in [1.54, 1.807) is 19.1 Å². The summed E-state index contributed by atoms with van der Waals surface area (Å²) in [5.74, 6) is -0.819. The van der Waals surface area contributed by atoms with Crippen molar-refractivity contribution in [3.05, 3.63) is 55.3 Å². The monoisotopic (exact) mass is 380 g/mol. The van der Waals surface area contributed by atoms with Gasteiger partial charge in [-0.1, -0.05) is 23.2 Å². The van der Waals surface area contributed by atoms with Gasteiger partial charge in [-0.05, 0) is 37.6 Å². The second kappa shape index (κ2) is 7.60. The van der Waals surface area contributed by atoms with Gasteiger partial charge in [-0.25, -0.2) is 0 Å². The van der Waals surface area contributed by atoms with Crippen molar-refractivity contribution in [3.63, 3.8) is 0 Å². The highest BCUT2D eigenvalue weighted by atomic mass is 35.5. The summed E-state index contributed by atoms with van der Waals surface area (Å²) >= 11 is 11.8. The molecule has 0 saturated carbocycles. The van der Waals surface area contributed by atoms with Crippen molar-refractivity contribution < 1.29 is 14.6 Å². The number of ether oxygens (including phenoxy) is 1. The van der Waals surface area contributed by atoms with E-state index in [0.717, 1.165) is 4.57 Å². The molecule has 1 aromatic carbocycles. The van der Waals surface area contributed by atoms with Gasteiger partial charge in [0, 0.05) is 11.6 Å². The van der Waals surface area contributed by atoms with Crippen molar-refractivity contribution >= 4 is 29.0 Å². The van der Waals surface area contributed by atoms with E-state index < -0.39 is 23.8 Å². The van der Waals surface area contributed by atoms with Gasteiger partial charge in [0.25, 0.3) is 5.56 Å². The number of rotatable bonds is 5. The maximum Gasteiger partial charge on any atom is 0.271 e. The highest BCUT2D eigenvalue weighted by Gasteiger charge is 2.23. The Labute approximate surface area is 153 Å². The molecule has 0 amide bonds. The number of nitrogens with zero attached hydrogens (tertiary/aromatic N) is 2. The van der Waals surface area contributed by atoms with E-state index >= 15 is 0 Å². The molecule has 0 atom stereocenters. The lowest BCUT2D eigenvalue weighted by Crippen LogP contribution is -2.27. The lowest BCUT2D eigenvalue weighted by molar-refractivity contribution is 0.0916. The molecule has 6 nitrogen and oxygen atoms in total. The second-order valence-corrected chi connectivity index (χ2v) is 5.99. The molecule has 1 aromatic heterocycles. The Morgan fingerprint density at radius 3 is 2.64 bits per heavy atom. The second-order valence-electron chi connectivity index (χ2n) is 5.15. The Balaban J connectivity index is 2.39. The molecular weight excluding hydrogens is 367 g/mol. The number of carbonyl (C=O) groups excluding carboxylic acids is 1. The molecule has 0 fully saturated rings. The van der Waals surface area contributed by atoms with E-state index in [4.69, 9.17) is 33.2 Å². The van der Waals surface area contributed by atoms with Gasteiger partial charge in [-0.2, -0.15) is 5.26 Å². The van der Waals surface area contributed by atoms with Crippen LogP contribution in [0.4, 0.5) is 0 Å². The van der Waals surface area contributed by atoms with Crippen molar-refractivity contribution in [1.82, 2.24) is 4.57 Å². The normalized spacial score (nSPS) is 10.4. The summed E-state index contributed by atoms with van der Waals surface area (Å²) in [6.07, 6.45) is 0. The van der Waals surface area contributed by atoms with Crippen molar-refractivity contribution in [3.8, 4) is 17.7 Å². The van der Waals surface area contributed by atoms with Crippen LogP contribution in [0, 0.1) is 18.3 Å². The Morgan fingerprint density at radius 1 is 1.40 bits per heavy atom. The fraction of sp³-hybridized carbons (Fsp3) is 0.235. The number of hydrogen-bond donors (Lipinski definition) is 1. The number of aromatic hydroxyl groups is 1. The average Bonchev–Trinajstić information content (AvgIpc) is 2.54. The lowest BCUT2D eigenvalue weighted by Gasteiger charge is -2.14. The summed E-state index contributed by atoms with van der Waals surface area (Å²) in [7, 11) is 0. The first kappa shape index (κ1) is 18.8. The Bertz CT molecular complexity index is 945. The third-order valence-electron chi connectivity index (χ3n) is 3.65. The summed E-state index contributed by atoms with van der Waals surface area (Å²) in [4.78, 5) is 24.6. The topological polar surface area (TPSA) is 92.3 Å². The van der Waals surface area contributed by atoms with Crippen molar-refractivity contribution in [2.75, 3.05) is 6.61 Å². The van der Waals surface area contributed by atoms with Gasteiger partial charge in [0.2, 0.25) is 11.7 Å². The predicted octanol–water partition coefficient (Wildman–Crippen LogP) is 3.32. The molecule has 0 saturated heterocycles. The van der Waals surface area contributed by atoms with E-state index in [0.29, 0.717) is 5.02 Å². The first-order chi connectivity index (χ1) is 11.8. The zero-order chi connectivity index (χ0) is 18.7. The van der Waals surface area contributed by atoms with Crippen LogP contribution in [0.25, 0.3) is 0 Å². The minimum absolute atomic E-state index is 0.115. The predicted molar refractivity (Wildman–Crippen MR) is 93.8 cm³/mol. The average molecular weight is 381 g/mol. The van der Waals surface area contributed by atoms with Gasteiger partial charge in [0.15, 0.2) is 6.61 Å². The maximum absolute atomic E-state index is 12.5. The smallest absolute Gasteiger partial charge is 0.271 e. The lowest BCUT2D eigenvalue weighted by atomic mass is 10.0. The third-order valence-corrected chi connectivity index (χ3v) is 4.18. The van der Waals surface area contributed by atoms with Crippen molar-refractivity contribution in [2.24, 2.45) is 0 Å². The first-order valence-electron chi connectivity index (χ1n) is 7.29. The summed E-state index contributed by atoms with van der Waals surface area (Å²) in [6, 6.07) is 6.31. The molecule has 0 aliphatic heterocycles. The van der Waals surface area contributed by atoms with Gasteiger partial charge >= 0.3 is 0 Å². The number of pyridine rings is 1. The molecule has 0 radical (unpaired) electrons. The SMILES string of the molecule is CCn1c(O)c(C(=O)COc2ccc(Cl)cc2Cl)c(C)c(C#N)c1=O. The number of halogens is 2. The molecule has 0 unspecified atom stereocenters. The summed E-state index contributed by atoms with van der Waals surface area (Å²) in [5.41, 5.74) is -0.834. The third kappa shape index (κ3) is 3.63. The maximum atomic E-state index is 12.5. The van der Waals surface area contributed by atoms with Crippen LogP contribution >= 0.6 is 23.2 Å². The molecule has 8 heteroatoms. The van der Waals surface area contributed by atoms with Gasteiger partial charge in [0.1, 0.15) is 17.4 Å². The molecule has 0 aliphatic carbocycles. The number of aromatic nitrogens is 1. The minimum atomic E-state index is -0.641. The van der Waals surface area contributed by atoms with Crippen LogP contribution in [0.1, 0.15) is 28.4 Å². The summed E-state index contributed by atoms with van der Waals surface area (Å²) in [6.45, 7) is 2.74. The molecule has 2 rings (SSSR count). The minimum Gasteiger partial charge on any atom is -0.494 e. The molecule has 0 aliphatic rings. The van der Waals surface area contributed by atoms with E-state index in [9.17, 15) is 14.7 Å². The van der Waals surface area contributed by atoms with Gasteiger partial charge in [-0.3, -0.25) is 14.2 Å². The molecule has 130 valence electrons. The first-order valence-corrected chi connectivity index (χ1v) is 8.04. The van der Waals surface area contributed by atoms with E-state index in [1.165, 1.54) is 19.1 Å². The fourth-order valence-electron chi connectivity index (χ4n) is 2.39. The number of hydrogen-bond acceptors (Lipinski definition) is 5. The number of carbonyl (C=O) groups is 1. The zero-order valence-corrected chi connectivity index (χ0v) is 15.0. The molecule has 25 heavy (non-hydrogen) atoms. The standard InChI is InChI=1S/C17H14Cl2N2O4/c1-3-21-16(23)11(7-20)9(2)15(17(21)24)13(22)8-25-14-5-4-10(18)6-12(14)19/h4-6,24H,3,8H2,1-2H3. The van der Waals surface area contributed by atoms with Gasteiger partial charge < -0.3 is 9.84 Å². The largest absolute Gasteiger partial charge is 0.494 e. The van der Waals surface area contributed by atoms with Crippen molar-refractivity contribution in [2.45, 2.75) is 20.4 Å². The number of ketones is 1. The van der Waals surface area contributed by atoms with E-state index in [2.05, 4.69) is 0 Å². The van der Waals surface area contributed by atoms with E-state index in [1.807, 2.05) is 0 Å². The quantitative estimate of drug-likeness (QED) is 0.803. The Morgan fingerprint density at radius 2 is 2.08 bits per heavy atom. The van der Waals surface area contributed by atoms with Crippen LogP contribution in [0.3, 0.4) is 0 Å². The van der Waals surface area contributed by atoms with E-state index in [-0.39, 0.29) is 34.0 Å². The molecule has 1 N–H and O–H groups in total. The fourth-order valence-corrected chi connectivity index (χ4v) is 2.85. The highest BCUT2D eigenvalue weighted by molar-refractivity contribution is 6.35. The molecule has 1 heterocycles. The Kier molecular flexibility index (Phi) is 5.73. The number of benzene rings is 1. The van der Waals surface area contributed by atoms with Gasteiger partial charge in [-0.15, -0.1) is 0 Å². The van der Waals surface area contributed by atoms with Crippen molar-refractivity contribution in [1.29, 1.82) is 5.26 Å². The van der Waals surface area contributed by atoms with Crippen LogP contribution in [0.2, 0.25) is 10.0 Å². The Hall–Kier alpha value is -2.49. The molecule has 0 bridgehead atoms. The highest BCUT2D eigenvalue weighted by Crippen LogP contribution is 2.28. The van der Waals surface area contributed by atoms with Crippen LogP contribution in [-0.4, -0.2) is 22.1 Å².